The Balaban J connectivity index is 1.52. The molecule has 26 heavy (non-hydrogen) atoms. The maximum Gasteiger partial charge on any atom is 0.344 e. The lowest BCUT2D eigenvalue weighted by Crippen LogP contribution is -2.20. The number of fused-ring (bicyclic) bond motifs is 1. The number of amides is 1. The Morgan fingerprint density at radius 1 is 1.15 bits per heavy atom. The zero-order valence-electron chi connectivity index (χ0n) is 14.0. The van der Waals surface area contributed by atoms with Crippen LogP contribution in [0, 0.1) is 0 Å². The van der Waals surface area contributed by atoms with Gasteiger partial charge in [-0.25, -0.2) is 4.79 Å². The van der Waals surface area contributed by atoms with Crippen LogP contribution in [0.25, 0.3) is 0 Å². The predicted octanol–water partition coefficient (Wildman–Crippen LogP) is 2.66. The number of carbonyl (C=O) groups excluding carboxylic acids is 3. The van der Waals surface area contributed by atoms with E-state index in [1.165, 1.54) is 0 Å². The zero-order valence-corrected chi connectivity index (χ0v) is 14.8. The molecule has 0 bridgehead atoms. The highest BCUT2D eigenvalue weighted by Gasteiger charge is 2.24. The molecule has 2 aromatic rings. The number of Topliss-reactive ketones (excluding diaryl/α,β-unsaturated/α-hetero) is 1. The molecule has 3 rings (SSSR count). The van der Waals surface area contributed by atoms with Crippen LogP contribution < -0.4 is 9.64 Å². The van der Waals surface area contributed by atoms with Crippen molar-refractivity contribution in [1.82, 2.24) is 0 Å². The molecule has 0 atom stereocenters. The van der Waals surface area contributed by atoms with Gasteiger partial charge in [-0.15, -0.1) is 0 Å². The summed E-state index contributed by atoms with van der Waals surface area (Å²) in [4.78, 5) is 37.2. The highest BCUT2D eigenvalue weighted by atomic mass is 35.5. The lowest BCUT2D eigenvalue weighted by molar-refractivity contribution is -0.144. The Hall–Kier alpha value is -2.86. The first-order valence-electron chi connectivity index (χ1n) is 7.90. The van der Waals surface area contributed by atoms with Gasteiger partial charge in [0.25, 0.3) is 0 Å². The minimum absolute atomic E-state index is 0.0193. The van der Waals surface area contributed by atoms with E-state index in [2.05, 4.69) is 0 Å². The minimum atomic E-state index is -0.658. The first-order valence-corrected chi connectivity index (χ1v) is 8.28. The van der Waals surface area contributed by atoms with Crippen LogP contribution in [0.15, 0.2) is 42.5 Å². The normalized spacial score (nSPS) is 12.7. The molecular formula is C19H16ClNO5. The summed E-state index contributed by atoms with van der Waals surface area (Å²) in [5.41, 5.74) is 1.98. The van der Waals surface area contributed by atoms with Gasteiger partial charge in [0.2, 0.25) is 5.91 Å². The highest BCUT2D eigenvalue weighted by molar-refractivity contribution is 6.30. The first-order chi connectivity index (χ1) is 12.4. The van der Waals surface area contributed by atoms with E-state index in [-0.39, 0.29) is 31.3 Å². The van der Waals surface area contributed by atoms with Crippen molar-refractivity contribution in [3.63, 3.8) is 0 Å². The summed E-state index contributed by atoms with van der Waals surface area (Å²) in [5.74, 6) is -0.581. The van der Waals surface area contributed by atoms with Gasteiger partial charge in [0.05, 0.1) is 6.42 Å². The van der Waals surface area contributed by atoms with E-state index in [4.69, 9.17) is 21.1 Å². The average Bonchev–Trinajstić information content (AvgIpc) is 2.91. The second-order valence-electron chi connectivity index (χ2n) is 5.80. The minimum Gasteiger partial charge on any atom is -0.482 e. The summed E-state index contributed by atoms with van der Waals surface area (Å²) in [6.07, 6.45) is 0.264. The molecule has 0 spiro atoms. The highest BCUT2D eigenvalue weighted by Crippen LogP contribution is 2.28. The summed E-state index contributed by atoms with van der Waals surface area (Å²) in [5, 5.41) is 0.492. The largest absolute Gasteiger partial charge is 0.482 e. The van der Waals surface area contributed by atoms with Crippen LogP contribution in [0.3, 0.4) is 0 Å². The Morgan fingerprint density at radius 3 is 2.73 bits per heavy atom. The molecule has 1 aliphatic heterocycles. The molecule has 0 radical (unpaired) electrons. The summed E-state index contributed by atoms with van der Waals surface area (Å²) in [7, 11) is 1.69. The molecule has 6 nitrogen and oxygen atoms in total. The van der Waals surface area contributed by atoms with Gasteiger partial charge in [-0.2, -0.15) is 0 Å². The average molecular weight is 374 g/mol. The molecule has 1 amide bonds. The molecule has 2 aromatic carbocycles. The number of rotatable bonds is 6. The number of benzene rings is 2. The van der Waals surface area contributed by atoms with Gasteiger partial charge in [-0.3, -0.25) is 9.59 Å². The lowest BCUT2D eigenvalue weighted by atomic mass is 10.1. The standard InChI is InChI=1S/C19H16ClNO5/c1-21-16-6-5-12(7-13(16)8-18(21)23)17(22)10-26-19(24)11-25-15-4-2-3-14(20)9-15/h2-7,9H,8,10-11H2,1H3. The van der Waals surface area contributed by atoms with Crippen LogP contribution in [0.4, 0.5) is 5.69 Å². The van der Waals surface area contributed by atoms with Crippen LogP contribution in [0.1, 0.15) is 15.9 Å². The molecule has 0 fully saturated rings. The van der Waals surface area contributed by atoms with Crippen molar-refractivity contribution in [2.75, 3.05) is 25.2 Å². The van der Waals surface area contributed by atoms with E-state index in [0.29, 0.717) is 16.3 Å². The lowest BCUT2D eigenvalue weighted by Gasteiger charge is -2.10. The van der Waals surface area contributed by atoms with E-state index in [9.17, 15) is 14.4 Å². The first kappa shape index (κ1) is 17.9. The second-order valence-corrected chi connectivity index (χ2v) is 6.24. The molecule has 1 aliphatic rings. The van der Waals surface area contributed by atoms with Crippen molar-refractivity contribution in [3.05, 3.63) is 58.6 Å². The summed E-state index contributed by atoms with van der Waals surface area (Å²) < 4.78 is 10.2. The zero-order chi connectivity index (χ0) is 18.7. The van der Waals surface area contributed by atoms with Crippen molar-refractivity contribution < 1.29 is 23.9 Å². The number of hydrogen-bond acceptors (Lipinski definition) is 5. The third-order valence-electron chi connectivity index (χ3n) is 4.00. The molecule has 0 saturated heterocycles. The molecule has 1 heterocycles. The Labute approximate surface area is 155 Å². The van der Waals surface area contributed by atoms with Crippen molar-refractivity contribution >= 4 is 34.9 Å². The summed E-state index contributed by atoms with van der Waals surface area (Å²) in [6, 6.07) is 11.6. The monoisotopic (exact) mass is 373 g/mol. The van der Waals surface area contributed by atoms with Gasteiger partial charge in [-0.05, 0) is 42.0 Å². The Bertz CT molecular complexity index is 880. The van der Waals surface area contributed by atoms with Crippen LogP contribution in [-0.4, -0.2) is 37.9 Å². The van der Waals surface area contributed by atoms with Gasteiger partial charge in [0.1, 0.15) is 5.75 Å². The van der Waals surface area contributed by atoms with Crippen LogP contribution in [0.5, 0.6) is 5.75 Å². The third kappa shape index (κ3) is 4.03. The fraction of sp³-hybridized carbons (Fsp3) is 0.211. The number of nitrogens with zero attached hydrogens (tertiary/aromatic N) is 1. The Kier molecular flexibility index (Phi) is 5.23. The van der Waals surface area contributed by atoms with Crippen molar-refractivity contribution in [3.8, 4) is 5.75 Å². The van der Waals surface area contributed by atoms with E-state index in [1.54, 1.807) is 54.4 Å². The summed E-state index contributed by atoms with van der Waals surface area (Å²) in [6.45, 7) is -0.711. The summed E-state index contributed by atoms with van der Waals surface area (Å²) >= 11 is 5.82. The fourth-order valence-electron chi connectivity index (χ4n) is 2.61. The maximum atomic E-state index is 12.2. The van der Waals surface area contributed by atoms with Crippen LogP contribution >= 0.6 is 11.6 Å². The fourth-order valence-corrected chi connectivity index (χ4v) is 2.79. The van der Waals surface area contributed by atoms with Crippen molar-refractivity contribution in [2.24, 2.45) is 0 Å². The second kappa shape index (κ2) is 7.58. The van der Waals surface area contributed by atoms with E-state index in [0.717, 1.165) is 11.3 Å². The molecule has 0 saturated carbocycles. The predicted molar refractivity (Wildman–Crippen MR) is 95.8 cm³/mol. The SMILES string of the molecule is CN1C(=O)Cc2cc(C(=O)COC(=O)COc3cccc(Cl)c3)ccc21. The van der Waals surface area contributed by atoms with Gasteiger partial charge in [0, 0.05) is 23.3 Å². The molecule has 0 aliphatic carbocycles. The number of likely N-dealkylation sites (N-methyl/N-ethyl adjacent to an activating group) is 1. The quantitative estimate of drug-likeness (QED) is 0.575. The maximum absolute atomic E-state index is 12.2. The molecule has 0 aromatic heterocycles. The molecule has 7 heteroatoms. The van der Waals surface area contributed by atoms with Gasteiger partial charge in [-0.1, -0.05) is 17.7 Å². The number of hydrogen-bond donors (Lipinski definition) is 0. The smallest absolute Gasteiger partial charge is 0.344 e. The van der Waals surface area contributed by atoms with Crippen LogP contribution in [-0.2, 0) is 20.7 Å². The molecule has 0 N–H and O–H groups in total. The number of anilines is 1. The van der Waals surface area contributed by atoms with Crippen molar-refractivity contribution in [1.29, 1.82) is 0 Å². The van der Waals surface area contributed by atoms with E-state index in [1.807, 2.05) is 0 Å². The molecular weight excluding hydrogens is 358 g/mol. The Morgan fingerprint density at radius 2 is 1.96 bits per heavy atom. The number of ketones is 1. The van der Waals surface area contributed by atoms with Crippen molar-refractivity contribution in [2.45, 2.75) is 6.42 Å². The van der Waals surface area contributed by atoms with E-state index < -0.39 is 5.97 Å². The number of carbonyl (C=O) groups is 3. The van der Waals surface area contributed by atoms with E-state index >= 15 is 0 Å². The topological polar surface area (TPSA) is 72.9 Å². The van der Waals surface area contributed by atoms with Gasteiger partial charge in [0.15, 0.2) is 19.0 Å². The van der Waals surface area contributed by atoms with Crippen LogP contribution in [0.2, 0.25) is 5.02 Å². The molecule has 134 valence electrons. The van der Waals surface area contributed by atoms with Gasteiger partial charge < -0.3 is 14.4 Å². The van der Waals surface area contributed by atoms with Gasteiger partial charge >= 0.3 is 5.97 Å². The number of ether oxygens (including phenoxy) is 2. The number of halogens is 1. The molecule has 0 unspecified atom stereocenters. The third-order valence-corrected chi connectivity index (χ3v) is 4.23. The number of esters is 1.